The lowest BCUT2D eigenvalue weighted by molar-refractivity contribution is -0.142. The lowest BCUT2D eigenvalue weighted by Crippen LogP contribution is -2.40. The molecule has 1 heterocycles. The van der Waals surface area contributed by atoms with Crippen LogP contribution in [0, 0.1) is 11.7 Å². The zero-order chi connectivity index (χ0) is 19.2. The van der Waals surface area contributed by atoms with E-state index in [1.54, 1.807) is 23.1 Å². The Morgan fingerprint density at radius 1 is 1.11 bits per heavy atom. The van der Waals surface area contributed by atoms with E-state index >= 15 is 0 Å². The second-order valence-electron chi connectivity index (χ2n) is 6.34. The van der Waals surface area contributed by atoms with Gasteiger partial charge in [-0.1, -0.05) is 46.3 Å². The van der Waals surface area contributed by atoms with Gasteiger partial charge in [-0.25, -0.2) is 4.39 Å². The summed E-state index contributed by atoms with van der Waals surface area (Å²) in [5, 5.41) is 0. The molecule has 4 nitrogen and oxygen atoms in total. The topological polar surface area (TPSA) is 46.6 Å². The molecule has 2 aromatic carbocycles. The standard InChI is InChI=1S/C21H19BrFNO3/c22-17-7-8-19(18(23)14-17)27-21(26)16-10-12-24(13-11-16)20(25)9-6-15-4-2-1-3-5-15/h1-9,14,16H,10-13H2/b9-6+. The Hall–Kier alpha value is -2.47. The van der Waals surface area contributed by atoms with Crippen molar-refractivity contribution in [2.75, 3.05) is 13.1 Å². The molecule has 2 aromatic rings. The zero-order valence-electron chi connectivity index (χ0n) is 14.6. The first-order valence-corrected chi connectivity index (χ1v) is 9.51. The van der Waals surface area contributed by atoms with Crippen molar-refractivity contribution in [2.45, 2.75) is 12.8 Å². The number of ether oxygens (including phenoxy) is 1. The molecule has 1 saturated heterocycles. The van der Waals surface area contributed by atoms with Gasteiger partial charge < -0.3 is 9.64 Å². The number of likely N-dealkylation sites (tertiary alicyclic amines) is 1. The van der Waals surface area contributed by atoms with Gasteiger partial charge in [0.2, 0.25) is 5.91 Å². The largest absolute Gasteiger partial charge is 0.423 e. The van der Waals surface area contributed by atoms with Gasteiger partial charge in [-0.15, -0.1) is 0 Å². The minimum atomic E-state index is -0.587. The van der Waals surface area contributed by atoms with Crippen LogP contribution in [0.3, 0.4) is 0 Å². The van der Waals surface area contributed by atoms with Crippen molar-refractivity contribution in [3.63, 3.8) is 0 Å². The molecule has 0 radical (unpaired) electrons. The molecule has 1 amide bonds. The monoisotopic (exact) mass is 431 g/mol. The molecule has 140 valence electrons. The molecule has 1 fully saturated rings. The Morgan fingerprint density at radius 3 is 2.48 bits per heavy atom. The van der Waals surface area contributed by atoms with Crippen molar-refractivity contribution in [3.05, 3.63) is 70.5 Å². The first-order valence-electron chi connectivity index (χ1n) is 8.72. The molecular weight excluding hydrogens is 413 g/mol. The second-order valence-corrected chi connectivity index (χ2v) is 7.26. The van der Waals surface area contributed by atoms with E-state index in [-0.39, 0.29) is 17.6 Å². The van der Waals surface area contributed by atoms with Gasteiger partial charge in [0.25, 0.3) is 0 Å². The average molecular weight is 432 g/mol. The number of piperidine rings is 1. The van der Waals surface area contributed by atoms with Crippen LogP contribution in [0.1, 0.15) is 18.4 Å². The predicted molar refractivity (Wildman–Crippen MR) is 105 cm³/mol. The molecule has 3 rings (SSSR count). The summed E-state index contributed by atoms with van der Waals surface area (Å²) in [5.41, 5.74) is 0.959. The number of hydrogen-bond acceptors (Lipinski definition) is 3. The Kier molecular flexibility index (Phi) is 6.40. The number of hydrogen-bond donors (Lipinski definition) is 0. The van der Waals surface area contributed by atoms with E-state index in [0.29, 0.717) is 30.4 Å². The second kappa shape index (κ2) is 8.95. The molecule has 0 saturated carbocycles. The molecule has 0 unspecified atom stereocenters. The van der Waals surface area contributed by atoms with Crippen LogP contribution in [0.15, 0.2) is 59.1 Å². The molecule has 0 aromatic heterocycles. The maximum absolute atomic E-state index is 13.8. The van der Waals surface area contributed by atoms with Crippen LogP contribution in [0.2, 0.25) is 0 Å². The Morgan fingerprint density at radius 2 is 1.81 bits per heavy atom. The van der Waals surface area contributed by atoms with Gasteiger partial charge in [0.1, 0.15) is 0 Å². The van der Waals surface area contributed by atoms with Gasteiger partial charge in [0.05, 0.1) is 5.92 Å². The first kappa shape index (κ1) is 19.3. The molecule has 0 atom stereocenters. The number of halogens is 2. The van der Waals surface area contributed by atoms with E-state index in [9.17, 15) is 14.0 Å². The number of rotatable bonds is 4. The van der Waals surface area contributed by atoms with Gasteiger partial charge in [0, 0.05) is 23.6 Å². The predicted octanol–water partition coefficient (Wildman–Crippen LogP) is 4.45. The van der Waals surface area contributed by atoms with Crippen LogP contribution in [-0.2, 0) is 9.59 Å². The first-order chi connectivity index (χ1) is 13.0. The van der Waals surface area contributed by atoms with Gasteiger partial charge in [-0.3, -0.25) is 9.59 Å². The Bertz CT molecular complexity index is 846. The zero-order valence-corrected chi connectivity index (χ0v) is 16.2. The maximum atomic E-state index is 13.8. The molecular formula is C21H19BrFNO3. The quantitative estimate of drug-likeness (QED) is 0.408. The number of amides is 1. The molecule has 6 heteroatoms. The summed E-state index contributed by atoms with van der Waals surface area (Å²) in [5.74, 6) is -1.54. The van der Waals surface area contributed by atoms with Crippen LogP contribution >= 0.6 is 15.9 Å². The smallest absolute Gasteiger partial charge is 0.314 e. The summed E-state index contributed by atoms with van der Waals surface area (Å²) < 4.78 is 19.6. The molecule has 0 bridgehead atoms. The highest BCUT2D eigenvalue weighted by molar-refractivity contribution is 9.10. The average Bonchev–Trinajstić information content (AvgIpc) is 2.69. The van der Waals surface area contributed by atoms with Crippen LogP contribution in [0.4, 0.5) is 4.39 Å². The maximum Gasteiger partial charge on any atom is 0.314 e. The summed E-state index contributed by atoms with van der Waals surface area (Å²) in [6.07, 6.45) is 4.33. The summed E-state index contributed by atoms with van der Waals surface area (Å²) >= 11 is 3.16. The van der Waals surface area contributed by atoms with Gasteiger partial charge >= 0.3 is 5.97 Å². The Balaban J connectivity index is 1.51. The normalized spacial score (nSPS) is 15.1. The molecule has 27 heavy (non-hydrogen) atoms. The third-order valence-electron chi connectivity index (χ3n) is 4.46. The van der Waals surface area contributed by atoms with Crippen LogP contribution in [-0.4, -0.2) is 29.9 Å². The highest BCUT2D eigenvalue weighted by atomic mass is 79.9. The highest BCUT2D eigenvalue weighted by Crippen LogP contribution is 2.25. The number of esters is 1. The third-order valence-corrected chi connectivity index (χ3v) is 4.96. The van der Waals surface area contributed by atoms with Crippen molar-refractivity contribution < 1.29 is 18.7 Å². The highest BCUT2D eigenvalue weighted by Gasteiger charge is 2.28. The number of carbonyl (C=O) groups is 2. The number of benzene rings is 2. The molecule has 0 spiro atoms. The third kappa shape index (κ3) is 5.26. The van der Waals surface area contributed by atoms with Crippen molar-refractivity contribution in [1.29, 1.82) is 0 Å². The minimum absolute atomic E-state index is 0.0764. The van der Waals surface area contributed by atoms with Crippen molar-refractivity contribution in [3.8, 4) is 5.75 Å². The summed E-state index contributed by atoms with van der Waals surface area (Å²) in [6.45, 7) is 0.946. The van der Waals surface area contributed by atoms with Crippen LogP contribution in [0.25, 0.3) is 6.08 Å². The van der Waals surface area contributed by atoms with Gasteiger partial charge in [-0.2, -0.15) is 0 Å². The molecule has 1 aliphatic rings. The number of nitrogens with zero attached hydrogens (tertiary/aromatic N) is 1. The fourth-order valence-electron chi connectivity index (χ4n) is 2.92. The van der Waals surface area contributed by atoms with E-state index in [0.717, 1.165) is 5.56 Å². The summed E-state index contributed by atoms with van der Waals surface area (Å²) in [7, 11) is 0. The Labute approximate surface area is 165 Å². The molecule has 0 aliphatic carbocycles. The van der Waals surface area contributed by atoms with Gasteiger partial charge in [-0.05, 0) is 42.7 Å². The van der Waals surface area contributed by atoms with Crippen LogP contribution in [0.5, 0.6) is 5.75 Å². The SMILES string of the molecule is O=C(Oc1ccc(Br)cc1F)C1CCN(C(=O)/C=C/c2ccccc2)CC1. The lowest BCUT2D eigenvalue weighted by Gasteiger charge is -2.30. The van der Waals surface area contributed by atoms with E-state index in [1.165, 1.54) is 12.1 Å². The molecule has 0 N–H and O–H groups in total. The van der Waals surface area contributed by atoms with E-state index < -0.39 is 11.8 Å². The molecule has 1 aliphatic heterocycles. The van der Waals surface area contributed by atoms with Crippen LogP contribution < -0.4 is 4.74 Å². The number of carbonyl (C=O) groups excluding carboxylic acids is 2. The van der Waals surface area contributed by atoms with Crippen molar-refractivity contribution in [1.82, 2.24) is 4.90 Å². The van der Waals surface area contributed by atoms with E-state index in [4.69, 9.17) is 4.74 Å². The minimum Gasteiger partial charge on any atom is -0.423 e. The van der Waals surface area contributed by atoms with Crippen molar-refractivity contribution in [2.24, 2.45) is 5.92 Å². The lowest BCUT2D eigenvalue weighted by atomic mass is 9.97. The van der Waals surface area contributed by atoms with E-state index in [1.807, 2.05) is 30.3 Å². The van der Waals surface area contributed by atoms with E-state index in [2.05, 4.69) is 15.9 Å². The fraction of sp³-hybridized carbons (Fsp3) is 0.238. The fourth-order valence-corrected chi connectivity index (χ4v) is 3.26. The van der Waals surface area contributed by atoms with Gasteiger partial charge in [0.15, 0.2) is 11.6 Å². The van der Waals surface area contributed by atoms with Crippen molar-refractivity contribution >= 4 is 33.9 Å². The summed E-state index contributed by atoms with van der Waals surface area (Å²) in [6, 6.07) is 13.9. The summed E-state index contributed by atoms with van der Waals surface area (Å²) in [4.78, 5) is 26.3.